The Hall–Kier alpha value is -2.07. The third-order valence-electron chi connectivity index (χ3n) is 3.77. The highest BCUT2D eigenvalue weighted by atomic mass is 32.2. The summed E-state index contributed by atoms with van der Waals surface area (Å²) in [6, 6.07) is 1.97. The van der Waals surface area contributed by atoms with E-state index < -0.39 is 41.1 Å². The normalized spacial score (nSPS) is 23.8. The zero-order chi connectivity index (χ0) is 17.4. The fourth-order valence-corrected chi connectivity index (χ4v) is 3.65. The number of aromatic hydroxyl groups is 1. The predicted octanol–water partition coefficient (Wildman–Crippen LogP) is 1.06. The Bertz CT molecular complexity index is 741. The smallest absolute Gasteiger partial charge is 0.253 e. The van der Waals surface area contributed by atoms with Crippen molar-refractivity contribution in [1.29, 1.82) is 0 Å². The molecule has 6 nitrogen and oxygen atoms in total. The Balaban J connectivity index is 1.95. The van der Waals surface area contributed by atoms with Crippen LogP contribution in [-0.4, -0.2) is 40.8 Å². The van der Waals surface area contributed by atoms with Crippen LogP contribution in [0.4, 0.5) is 18.9 Å². The zero-order valence-corrected chi connectivity index (χ0v) is 13.1. The molecule has 10 heteroatoms. The highest BCUT2D eigenvalue weighted by molar-refractivity contribution is 7.85. The summed E-state index contributed by atoms with van der Waals surface area (Å²) in [5.74, 6) is -1.88. The van der Waals surface area contributed by atoms with Crippen molar-refractivity contribution in [2.75, 3.05) is 17.4 Å². The molecule has 3 rings (SSSR count). The number of anilines is 1. The Morgan fingerprint density at radius 1 is 1.42 bits per heavy atom. The predicted molar refractivity (Wildman–Crippen MR) is 82.1 cm³/mol. The lowest BCUT2D eigenvalue weighted by atomic mass is 10.0. The van der Waals surface area contributed by atoms with Gasteiger partial charge in [-0.3, -0.25) is 13.8 Å². The first-order valence-corrected chi connectivity index (χ1v) is 8.20. The first kappa shape index (κ1) is 16.8. The van der Waals surface area contributed by atoms with Gasteiger partial charge in [-0.05, 0) is 17.7 Å². The van der Waals surface area contributed by atoms with Gasteiger partial charge in [-0.25, -0.2) is 17.4 Å². The number of rotatable bonds is 4. The van der Waals surface area contributed by atoms with Crippen molar-refractivity contribution in [3.8, 4) is 5.75 Å². The number of amides is 1. The lowest BCUT2D eigenvalue weighted by Gasteiger charge is -2.18. The summed E-state index contributed by atoms with van der Waals surface area (Å²) in [4.78, 5) is 11.3. The van der Waals surface area contributed by atoms with Gasteiger partial charge in [0.15, 0.2) is 5.82 Å². The van der Waals surface area contributed by atoms with E-state index in [1.807, 2.05) is 0 Å². The monoisotopic (exact) mass is 361 g/mol. The molecule has 2 atom stereocenters. The van der Waals surface area contributed by atoms with Crippen molar-refractivity contribution in [1.82, 2.24) is 10.0 Å². The van der Waals surface area contributed by atoms with E-state index in [2.05, 4.69) is 10.0 Å². The Labute approximate surface area is 138 Å². The third kappa shape index (κ3) is 3.11. The van der Waals surface area contributed by atoms with Crippen LogP contribution in [0.1, 0.15) is 12.0 Å². The standard InChI is InChI=1S/C14H14F3N3O3S/c15-11(16)4-8-3-7(5-18-8)9-1-2-10(21)14(13(9)17)20-6-12(22)19-24(20)23/h1-3,8,11,18,21H,4-6H2,(H,19,22). The van der Waals surface area contributed by atoms with Crippen LogP contribution in [0, 0.1) is 5.82 Å². The molecule has 0 radical (unpaired) electrons. The van der Waals surface area contributed by atoms with Gasteiger partial charge in [-0.1, -0.05) is 6.08 Å². The maximum absolute atomic E-state index is 14.8. The maximum atomic E-state index is 14.8. The molecule has 1 fully saturated rings. The molecule has 0 aliphatic carbocycles. The molecule has 2 unspecified atom stereocenters. The van der Waals surface area contributed by atoms with E-state index >= 15 is 0 Å². The van der Waals surface area contributed by atoms with Gasteiger partial charge >= 0.3 is 0 Å². The van der Waals surface area contributed by atoms with Gasteiger partial charge in [0.25, 0.3) is 5.91 Å². The number of hydrogen-bond acceptors (Lipinski definition) is 4. The summed E-state index contributed by atoms with van der Waals surface area (Å²) in [5.41, 5.74) is 0.203. The van der Waals surface area contributed by atoms with Crippen LogP contribution in [-0.2, 0) is 16.0 Å². The lowest BCUT2D eigenvalue weighted by Crippen LogP contribution is -2.25. The van der Waals surface area contributed by atoms with Gasteiger partial charge in [0.2, 0.25) is 17.6 Å². The molecule has 0 bridgehead atoms. The van der Waals surface area contributed by atoms with Gasteiger partial charge in [-0.15, -0.1) is 0 Å². The van der Waals surface area contributed by atoms with Gasteiger partial charge in [0.05, 0.1) is 0 Å². The summed E-state index contributed by atoms with van der Waals surface area (Å²) in [7, 11) is 0. The number of phenols is 1. The minimum absolute atomic E-state index is 0.100. The number of halogens is 3. The molecule has 1 saturated heterocycles. The Morgan fingerprint density at radius 2 is 2.17 bits per heavy atom. The first-order chi connectivity index (χ1) is 11.4. The molecule has 24 heavy (non-hydrogen) atoms. The fourth-order valence-electron chi connectivity index (χ4n) is 2.71. The molecule has 0 saturated carbocycles. The summed E-state index contributed by atoms with van der Waals surface area (Å²) >= 11 is -1.99. The molecule has 1 aromatic carbocycles. The molecule has 0 spiro atoms. The van der Waals surface area contributed by atoms with Gasteiger partial charge in [-0.2, -0.15) is 0 Å². The number of nitrogens with one attached hydrogen (secondary N) is 2. The van der Waals surface area contributed by atoms with Crippen molar-refractivity contribution < 1.29 is 27.3 Å². The van der Waals surface area contributed by atoms with Gasteiger partial charge in [0.1, 0.15) is 18.0 Å². The van der Waals surface area contributed by atoms with Crippen LogP contribution in [0.15, 0.2) is 18.2 Å². The van der Waals surface area contributed by atoms with Gasteiger partial charge < -0.3 is 10.4 Å². The molecular weight excluding hydrogens is 347 g/mol. The summed E-state index contributed by atoms with van der Waals surface area (Å²) < 4.78 is 54.6. The van der Waals surface area contributed by atoms with E-state index in [9.17, 15) is 27.3 Å². The third-order valence-corrected chi connectivity index (χ3v) is 4.88. The minimum atomic E-state index is -2.48. The average Bonchev–Trinajstić information content (AvgIpc) is 3.05. The number of hydrogen-bond donors (Lipinski definition) is 3. The SMILES string of the molecule is O=C1CN(c2c(O)ccc(C3=CC(CC(F)F)NC3)c2F)S(=O)N1. The van der Waals surface area contributed by atoms with Crippen molar-refractivity contribution in [3.05, 3.63) is 29.6 Å². The number of alkyl halides is 2. The Morgan fingerprint density at radius 3 is 2.79 bits per heavy atom. The molecule has 3 N–H and O–H groups in total. The van der Waals surface area contributed by atoms with Crippen LogP contribution >= 0.6 is 0 Å². The van der Waals surface area contributed by atoms with Crippen LogP contribution in [0.5, 0.6) is 5.75 Å². The summed E-state index contributed by atoms with van der Waals surface area (Å²) in [6.07, 6.45) is -1.36. The topological polar surface area (TPSA) is 81.7 Å². The summed E-state index contributed by atoms with van der Waals surface area (Å²) in [5, 5.41) is 12.7. The van der Waals surface area contributed by atoms with E-state index in [0.717, 1.165) is 4.31 Å². The second-order valence-electron chi connectivity index (χ2n) is 5.41. The largest absolute Gasteiger partial charge is 0.506 e. The fraction of sp³-hybridized carbons (Fsp3) is 0.357. The summed E-state index contributed by atoms with van der Waals surface area (Å²) in [6.45, 7) is -0.162. The van der Waals surface area contributed by atoms with E-state index in [0.29, 0.717) is 5.57 Å². The quantitative estimate of drug-likeness (QED) is 0.749. The number of phenolic OH excluding ortho intramolecular Hbond substituents is 1. The highest BCUT2D eigenvalue weighted by Gasteiger charge is 2.33. The first-order valence-electron chi connectivity index (χ1n) is 7.09. The van der Waals surface area contributed by atoms with E-state index in [1.165, 1.54) is 18.2 Å². The van der Waals surface area contributed by atoms with Crippen LogP contribution < -0.4 is 14.3 Å². The molecule has 130 valence electrons. The maximum Gasteiger partial charge on any atom is 0.253 e. The van der Waals surface area contributed by atoms with E-state index in [4.69, 9.17) is 0 Å². The minimum Gasteiger partial charge on any atom is -0.506 e. The van der Waals surface area contributed by atoms with E-state index in [1.54, 1.807) is 0 Å². The van der Waals surface area contributed by atoms with Crippen LogP contribution in [0.25, 0.3) is 5.57 Å². The molecular formula is C14H14F3N3O3S. The average molecular weight is 361 g/mol. The number of carbonyl (C=O) groups is 1. The number of carbonyl (C=O) groups excluding carboxylic acids is 1. The number of nitrogens with zero attached hydrogens (tertiary/aromatic N) is 1. The zero-order valence-electron chi connectivity index (χ0n) is 12.3. The van der Waals surface area contributed by atoms with Crippen molar-refractivity contribution >= 4 is 28.3 Å². The molecule has 1 aromatic rings. The highest BCUT2D eigenvalue weighted by Crippen LogP contribution is 2.37. The Kier molecular flexibility index (Phi) is 4.50. The second kappa shape index (κ2) is 6.44. The molecule has 2 aliphatic rings. The van der Waals surface area contributed by atoms with Gasteiger partial charge in [0, 0.05) is 24.6 Å². The lowest BCUT2D eigenvalue weighted by molar-refractivity contribution is -0.117. The molecule has 1 amide bonds. The molecule has 2 heterocycles. The molecule has 2 aliphatic heterocycles. The van der Waals surface area contributed by atoms with Crippen molar-refractivity contribution in [2.24, 2.45) is 0 Å². The van der Waals surface area contributed by atoms with Crippen molar-refractivity contribution in [3.63, 3.8) is 0 Å². The number of benzene rings is 1. The van der Waals surface area contributed by atoms with Crippen LogP contribution in [0.3, 0.4) is 0 Å². The van der Waals surface area contributed by atoms with Crippen molar-refractivity contribution in [2.45, 2.75) is 18.9 Å². The second-order valence-corrected chi connectivity index (χ2v) is 6.56. The molecule has 0 aromatic heterocycles. The van der Waals surface area contributed by atoms with Crippen LogP contribution in [0.2, 0.25) is 0 Å². The van der Waals surface area contributed by atoms with E-state index in [-0.39, 0.29) is 30.8 Å².